The summed E-state index contributed by atoms with van der Waals surface area (Å²) < 4.78 is 10.6. The Bertz CT molecular complexity index is 1160. The van der Waals surface area contributed by atoms with Gasteiger partial charge in [0.2, 0.25) is 0 Å². The number of aromatic hydroxyl groups is 2. The molecule has 0 unspecified atom stereocenters. The minimum Gasteiger partial charge on any atom is -0.506 e. The molecule has 0 spiro atoms. The molecule has 0 aliphatic carbocycles. The average molecular weight is 435 g/mol. The Balaban J connectivity index is 1.78. The van der Waals surface area contributed by atoms with E-state index in [2.05, 4.69) is 4.99 Å². The van der Waals surface area contributed by atoms with Gasteiger partial charge in [-0.05, 0) is 29.7 Å². The molecule has 7 nitrogen and oxygen atoms in total. The van der Waals surface area contributed by atoms with Crippen LogP contribution in [0.15, 0.2) is 68.8 Å². The second kappa shape index (κ2) is 10.4. The van der Waals surface area contributed by atoms with E-state index in [1.165, 1.54) is 0 Å². The van der Waals surface area contributed by atoms with Gasteiger partial charge in [-0.3, -0.25) is 9.79 Å². The van der Waals surface area contributed by atoms with Gasteiger partial charge in [-0.2, -0.15) is 0 Å². The van der Waals surface area contributed by atoms with Gasteiger partial charge in [0.15, 0.2) is 5.78 Å². The lowest BCUT2D eigenvalue weighted by Gasteiger charge is -2.10. The maximum absolute atomic E-state index is 12.3. The predicted molar refractivity (Wildman–Crippen MR) is 121 cm³/mol. The zero-order chi connectivity index (χ0) is 23.1. The molecular formula is C25H25NO6. The van der Waals surface area contributed by atoms with E-state index in [1.54, 1.807) is 13.8 Å². The summed E-state index contributed by atoms with van der Waals surface area (Å²) in [6.45, 7) is 4.06. The molecule has 0 aliphatic heterocycles. The lowest BCUT2D eigenvalue weighted by Crippen LogP contribution is -2.17. The van der Waals surface area contributed by atoms with Crippen LogP contribution in [0.4, 0.5) is 0 Å². The Kier molecular flexibility index (Phi) is 7.44. The summed E-state index contributed by atoms with van der Waals surface area (Å²) in [5.41, 5.74) is 0.676. The predicted octanol–water partition coefficient (Wildman–Crippen LogP) is 4.62. The first-order valence-corrected chi connectivity index (χ1v) is 10.4. The molecule has 166 valence electrons. The van der Waals surface area contributed by atoms with Crippen LogP contribution in [0.2, 0.25) is 0 Å². The Morgan fingerprint density at radius 3 is 2.25 bits per heavy atom. The van der Waals surface area contributed by atoms with Gasteiger partial charge in [-0.1, -0.05) is 56.3 Å². The van der Waals surface area contributed by atoms with E-state index in [4.69, 9.17) is 9.15 Å². The van der Waals surface area contributed by atoms with Gasteiger partial charge in [-0.25, -0.2) is 4.79 Å². The highest BCUT2D eigenvalue weighted by atomic mass is 16.5. The van der Waals surface area contributed by atoms with Crippen molar-refractivity contribution in [1.29, 1.82) is 0 Å². The van der Waals surface area contributed by atoms with Crippen molar-refractivity contribution in [3.05, 3.63) is 87.3 Å². The summed E-state index contributed by atoms with van der Waals surface area (Å²) in [6.07, 6.45) is 0.354. The molecule has 1 aromatic heterocycles. The number of hydrogen-bond acceptors (Lipinski definition) is 7. The second-order valence-electron chi connectivity index (χ2n) is 7.10. The number of Topliss-reactive ketones (excluding diaryl/α,β-unsaturated/α-hetero) is 1. The molecule has 0 amide bonds. The molecule has 2 N–H and O–H groups in total. The van der Waals surface area contributed by atoms with Crippen LogP contribution in [-0.4, -0.2) is 21.7 Å². The first-order valence-electron chi connectivity index (χ1n) is 10.4. The molecule has 3 aromatic rings. The molecule has 7 heteroatoms. The van der Waals surface area contributed by atoms with E-state index in [0.29, 0.717) is 13.0 Å². The minimum absolute atomic E-state index is 0.0333. The molecule has 0 fully saturated rings. The Labute approximate surface area is 185 Å². The maximum atomic E-state index is 12.3. The Morgan fingerprint density at radius 2 is 1.62 bits per heavy atom. The van der Waals surface area contributed by atoms with Crippen molar-refractivity contribution in [3.63, 3.8) is 0 Å². The lowest BCUT2D eigenvalue weighted by molar-refractivity contribution is 0.0976. The molecule has 3 rings (SSSR count). The van der Waals surface area contributed by atoms with Crippen molar-refractivity contribution >= 4 is 11.5 Å². The molecule has 0 atom stereocenters. The van der Waals surface area contributed by atoms with E-state index in [1.807, 2.05) is 54.6 Å². The fraction of sp³-hybridized carbons (Fsp3) is 0.240. The topological polar surface area (TPSA) is 109 Å². The zero-order valence-corrected chi connectivity index (χ0v) is 18.0. The van der Waals surface area contributed by atoms with Crippen LogP contribution in [0, 0.1) is 0 Å². The van der Waals surface area contributed by atoms with Gasteiger partial charge < -0.3 is 19.4 Å². The van der Waals surface area contributed by atoms with E-state index < -0.39 is 28.7 Å². The molecule has 0 radical (unpaired) electrons. The highest BCUT2D eigenvalue weighted by Gasteiger charge is 2.25. The highest BCUT2D eigenvalue weighted by molar-refractivity contribution is 6.07. The summed E-state index contributed by atoms with van der Waals surface area (Å²) >= 11 is 0. The van der Waals surface area contributed by atoms with Crippen molar-refractivity contribution in [2.45, 2.75) is 39.8 Å². The van der Waals surface area contributed by atoms with Gasteiger partial charge in [0.25, 0.3) is 5.95 Å². The molecule has 0 saturated carbocycles. The lowest BCUT2D eigenvalue weighted by atomic mass is 10.0. The van der Waals surface area contributed by atoms with Gasteiger partial charge in [0.1, 0.15) is 29.2 Å². The number of aliphatic imine (C=N–C) groups is 1. The summed E-state index contributed by atoms with van der Waals surface area (Å²) in [5, 5.41) is 20.3. The third-order valence-corrected chi connectivity index (χ3v) is 4.93. The minimum atomic E-state index is -0.946. The van der Waals surface area contributed by atoms with Crippen molar-refractivity contribution in [1.82, 2.24) is 0 Å². The van der Waals surface area contributed by atoms with Crippen LogP contribution in [-0.2, 0) is 13.2 Å². The van der Waals surface area contributed by atoms with Crippen LogP contribution in [0.3, 0.4) is 0 Å². The quantitative estimate of drug-likeness (QED) is 0.375. The highest BCUT2D eigenvalue weighted by Crippen LogP contribution is 2.30. The fourth-order valence-electron chi connectivity index (χ4n) is 3.18. The Hall–Kier alpha value is -3.87. The Morgan fingerprint density at radius 1 is 0.938 bits per heavy atom. The molecule has 0 bridgehead atoms. The molecule has 0 saturated heterocycles. The van der Waals surface area contributed by atoms with Crippen LogP contribution >= 0.6 is 0 Å². The number of nitrogens with zero attached hydrogens (tertiary/aromatic N) is 1. The largest absolute Gasteiger partial charge is 0.506 e. The number of carbonyl (C=O) groups excluding carboxylic acids is 1. The van der Waals surface area contributed by atoms with Crippen LogP contribution < -0.4 is 10.4 Å². The molecule has 1 heterocycles. The van der Waals surface area contributed by atoms with Gasteiger partial charge in [-0.15, -0.1) is 0 Å². The molecular weight excluding hydrogens is 410 g/mol. The molecule has 32 heavy (non-hydrogen) atoms. The maximum Gasteiger partial charge on any atom is 0.351 e. The van der Waals surface area contributed by atoms with E-state index in [9.17, 15) is 19.8 Å². The zero-order valence-electron chi connectivity index (χ0n) is 18.0. The van der Waals surface area contributed by atoms with Crippen molar-refractivity contribution < 1.29 is 24.2 Å². The first kappa shape index (κ1) is 22.8. The van der Waals surface area contributed by atoms with Crippen molar-refractivity contribution in [2.24, 2.45) is 4.99 Å². The van der Waals surface area contributed by atoms with Crippen LogP contribution in [0.25, 0.3) is 0 Å². The third kappa shape index (κ3) is 5.24. The molecule has 0 aliphatic rings. The van der Waals surface area contributed by atoms with Crippen molar-refractivity contribution in [2.75, 3.05) is 0 Å². The number of carbonyl (C=O) groups is 1. The standard InChI is InChI=1S/C25H25NO6/c1-3-19(21-23(28)22(20(27)4-2)25(30)32-24(21)29)26-14-16-10-12-18(13-11-16)31-15-17-8-6-5-7-9-17/h5-13,28,30H,3-4,14-15H2,1-2H3. The van der Waals surface area contributed by atoms with Gasteiger partial charge in [0.05, 0.1) is 12.3 Å². The average Bonchev–Trinajstić information content (AvgIpc) is 2.80. The SMILES string of the molecule is CCC(=O)c1c(O)oc(=O)c(C(CC)=NCc2ccc(OCc3ccccc3)cc2)c1O. The van der Waals surface area contributed by atoms with E-state index in [-0.39, 0.29) is 24.2 Å². The van der Waals surface area contributed by atoms with Crippen LogP contribution in [0.1, 0.15) is 53.7 Å². The fourth-order valence-corrected chi connectivity index (χ4v) is 3.18. The monoisotopic (exact) mass is 435 g/mol. The number of rotatable bonds is 9. The molecule has 2 aromatic carbocycles. The van der Waals surface area contributed by atoms with Gasteiger partial charge in [0, 0.05) is 6.42 Å². The summed E-state index contributed by atoms with van der Waals surface area (Å²) in [5.74, 6) is -1.30. The first-order chi connectivity index (χ1) is 15.4. The van der Waals surface area contributed by atoms with Crippen LogP contribution in [0.5, 0.6) is 17.4 Å². The summed E-state index contributed by atoms with van der Waals surface area (Å²) in [4.78, 5) is 28.8. The smallest absolute Gasteiger partial charge is 0.351 e. The number of ether oxygens (including phenoxy) is 1. The van der Waals surface area contributed by atoms with Crippen molar-refractivity contribution in [3.8, 4) is 17.4 Å². The van der Waals surface area contributed by atoms with E-state index >= 15 is 0 Å². The normalized spacial score (nSPS) is 11.4. The number of hydrogen-bond donors (Lipinski definition) is 2. The van der Waals surface area contributed by atoms with E-state index in [0.717, 1.165) is 16.9 Å². The summed E-state index contributed by atoms with van der Waals surface area (Å²) in [7, 11) is 0. The second-order valence-corrected chi connectivity index (χ2v) is 7.10. The number of ketones is 1. The van der Waals surface area contributed by atoms with Gasteiger partial charge >= 0.3 is 5.63 Å². The summed E-state index contributed by atoms with van der Waals surface area (Å²) in [6, 6.07) is 17.2. The number of benzene rings is 2. The third-order valence-electron chi connectivity index (χ3n) is 4.93.